The van der Waals surface area contributed by atoms with Crippen molar-refractivity contribution in [2.45, 2.75) is 25.3 Å². The number of hydrogen-bond acceptors (Lipinski definition) is 6. The summed E-state index contributed by atoms with van der Waals surface area (Å²) in [7, 11) is 0. The number of rotatable bonds is 12. The smallest absolute Gasteiger partial charge is 0.255 e. The zero-order valence-electron chi connectivity index (χ0n) is 19.8. The van der Waals surface area contributed by atoms with Crippen molar-refractivity contribution in [1.29, 1.82) is 5.26 Å². The fourth-order valence-electron chi connectivity index (χ4n) is 3.59. The van der Waals surface area contributed by atoms with E-state index in [2.05, 4.69) is 16.7 Å². The number of hydrogen-bond donors (Lipinski definition) is 4. The lowest BCUT2D eigenvalue weighted by Gasteiger charge is -2.14. The van der Waals surface area contributed by atoms with E-state index in [1.54, 1.807) is 36.4 Å². The maximum Gasteiger partial charge on any atom is 0.255 e. The zero-order chi connectivity index (χ0) is 25.9. The van der Waals surface area contributed by atoms with Gasteiger partial charge >= 0.3 is 0 Å². The second-order valence-corrected chi connectivity index (χ2v) is 8.31. The molecule has 1 atom stereocenters. The normalized spacial score (nSPS) is 11.3. The molecule has 3 aromatic rings. The highest BCUT2D eigenvalue weighted by Gasteiger charge is 2.16. The van der Waals surface area contributed by atoms with Gasteiger partial charge in [-0.3, -0.25) is 14.4 Å². The average molecular weight is 488 g/mol. The third kappa shape index (κ3) is 7.55. The molecule has 0 saturated carbocycles. The topological polar surface area (TPSA) is 160 Å². The Balaban J connectivity index is 1.47. The maximum atomic E-state index is 12.6. The van der Waals surface area contributed by atoms with Crippen LogP contribution in [0.3, 0.4) is 0 Å². The van der Waals surface area contributed by atoms with Crippen molar-refractivity contribution in [3.63, 3.8) is 0 Å². The number of fused-ring (bicyclic) bond motifs is 1. The van der Waals surface area contributed by atoms with Crippen LogP contribution in [0.25, 0.3) is 10.8 Å². The van der Waals surface area contributed by atoms with Gasteiger partial charge in [0.25, 0.3) is 5.91 Å². The van der Waals surface area contributed by atoms with Gasteiger partial charge in [0.1, 0.15) is 5.75 Å². The molecule has 0 bridgehead atoms. The highest BCUT2D eigenvalue weighted by atomic mass is 16.5. The van der Waals surface area contributed by atoms with Gasteiger partial charge in [-0.15, -0.1) is 0 Å². The van der Waals surface area contributed by atoms with Crippen molar-refractivity contribution in [1.82, 2.24) is 10.6 Å². The molecule has 0 aliphatic heterocycles. The third-order valence-corrected chi connectivity index (χ3v) is 5.52. The molecule has 0 aliphatic carbocycles. The Morgan fingerprint density at radius 2 is 1.67 bits per heavy atom. The lowest BCUT2D eigenvalue weighted by atomic mass is 10.0. The van der Waals surface area contributed by atoms with E-state index >= 15 is 0 Å². The summed E-state index contributed by atoms with van der Waals surface area (Å²) in [5.74, 6) is -0.921. The Hall–Kier alpha value is -4.42. The molecule has 0 unspecified atom stereocenters. The second kappa shape index (κ2) is 12.9. The van der Waals surface area contributed by atoms with Crippen LogP contribution in [-0.4, -0.2) is 43.5 Å². The molecule has 0 aromatic heterocycles. The van der Waals surface area contributed by atoms with E-state index in [4.69, 9.17) is 21.5 Å². The van der Waals surface area contributed by atoms with Crippen molar-refractivity contribution in [2.24, 2.45) is 11.5 Å². The van der Waals surface area contributed by atoms with Crippen molar-refractivity contribution < 1.29 is 19.1 Å². The molecule has 9 nitrogen and oxygen atoms in total. The van der Waals surface area contributed by atoms with Crippen LogP contribution in [0.5, 0.6) is 5.75 Å². The Morgan fingerprint density at radius 1 is 0.972 bits per heavy atom. The van der Waals surface area contributed by atoms with Gasteiger partial charge in [0.15, 0.2) is 0 Å². The van der Waals surface area contributed by atoms with Crippen LogP contribution < -0.4 is 26.8 Å². The number of nitrogens with zero attached hydrogens (tertiary/aromatic N) is 1. The summed E-state index contributed by atoms with van der Waals surface area (Å²) < 4.78 is 5.89. The summed E-state index contributed by atoms with van der Waals surface area (Å²) >= 11 is 0. The number of nitriles is 1. The first-order valence-electron chi connectivity index (χ1n) is 11.6. The molecular formula is C27H29N5O4. The second-order valence-electron chi connectivity index (χ2n) is 8.31. The minimum Gasteiger partial charge on any atom is -0.493 e. The number of ether oxygens (including phenoxy) is 1. The van der Waals surface area contributed by atoms with Crippen molar-refractivity contribution in [3.8, 4) is 11.8 Å². The van der Waals surface area contributed by atoms with Crippen molar-refractivity contribution >= 4 is 28.5 Å². The highest BCUT2D eigenvalue weighted by molar-refractivity contribution is 6.02. The van der Waals surface area contributed by atoms with E-state index in [1.165, 1.54) is 0 Å². The number of unbranched alkanes of at least 4 members (excludes halogenated alkanes) is 1. The molecule has 36 heavy (non-hydrogen) atoms. The summed E-state index contributed by atoms with van der Waals surface area (Å²) in [5, 5.41) is 16.0. The predicted molar refractivity (Wildman–Crippen MR) is 136 cm³/mol. The minimum atomic E-state index is -0.687. The monoisotopic (exact) mass is 487 g/mol. The van der Waals surface area contributed by atoms with Crippen molar-refractivity contribution in [3.05, 3.63) is 77.4 Å². The summed E-state index contributed by atoms with van der Waals surface area (Å²) in [6, 6.07) is 19.4. The number of primary amides is 1. The first kappa shape index (κ1) is 26.2. The van der Waals surface area contributed by atoms with Gasteiger partial charge in [0, 0.05) is 6.54 Å². The average Bonchev–Trinajstić information content (AvgIpc) is 2.88. The van der Waals surface area contributed by atoms with Crippen LogP contribution in [0.1, 0.15) is 34.3 Å². The van der Waals surface area contributed by atoms with Crippen LogP contribution >= 0.6 is 0 Å². The van der Waals surface area contributed by atoms with Gasteiger partial charge in [-0.25, -0.2) is 0 Å². The summed E-state index contributed by atoms with van der Waals surface area (Å²) in [5.41, 5.74) is 12.9. The standard InChI is InChI=1S/C27H29N5O4/c28-16-19-9-7-18(8-10-19)13-23(29)27(35)31-11-3-4-12-36-24-15-21-6-2-1-5-20(21)14-22(24)26(34)32-17-25(30)33/h1-2,5-10,14-15,23H,3-4,11-13,17,29H2,(H2,30,33)(H,31,35)(H,32,34)/t23-/m1/s1. The molecular weight excluding hydrogens is 458 g/mol. The van der Waals surface area contributed by atoms with Crippen LogP contribution in [0.4, 0.5) is 0 Å². The van der Waals surface area contributed by atoms with Crippen molar-refractivity contribution in [2.75, 3.05) is 19.7 Å². The third-order valence-electron chi connectivity index (χ3n) is 5.52. The SMILES string of the molecule is N#Cc1ccc(C[C@@H](N)C(=O)NCCCCOc2cc3ccccc3cc2C(=O)NCC(N)=O)cc1. The van der Waals surface area contributed by atoms with Crippen LogP contribution in [0.15, 0.2) is 60.7 Å². The summed E-state index contributed by atoms with van der Waals surface area (Å²) in [4.78, 5) is 35.9. The molecule has 0 fully saturated rings. The number of nitrogens with one attached hydrogen (secondary N) is 2. The summed E-state index contributed by atoms with van der Waals surface area (Å²) in [6.07, 6.45) is 1.68. The molecule has 0 saturated heterocycles. The molecule has 3 amide bonds. The van der Waals surface area contributed by atoms with Crippen LogP contribution in [-0.2, 0) is 16.0 Å². The van der Waals surface area contributed by atoms with E-state index in [1.807, 2.05) is 24.3 Å². The lowest BCUT2D eigenvalue weighted by molar-refractivity contribution is -0.122. The van der Waals surface area contributed by atoms with Gasteiger partial charge in [0.05, 0.1) is 36.4 Å². The molecule has 3 rings (SSSR count). The quantitative estimate of drug-likeness (QED) is 0.285. The Labute approximate surface area is 209 Å². The Kier molecular flexibility index (Phi) is 9.37. The molecule has 9 heteroatoms. The Bertz CT molecular complexity index is 1270. The zero-order valence-corrected chi connectivity index (χ0v) is 19.8. The molecule has 0 spiro atoms. The van der Waals surface area contributed by atoms with Gasteiger partial charge in [0.2, 0.25) is 11.8 Å². The maximum absolute atomic E-state index is 12.6. The van der Waals surface area contributed by atoms with Gasteiger partial charge in [-0.05, 0) is 59.9 Å². The molecule has 0 heterocycles. The number of carbonyl (C=O) groups is 3. The first-order chi connectivity index (χ1) is 17.4. The fourth-order valence-corrected chi connectivity index (χ4v) is 3.59. The lowest BCUT2D eigenvalue weighted by Crippen LogP contribution is -2.42. The Morgan fingerprint density at radius 3 is 2.33 bits per heavy atom. The van der Waals surface area contributed by atoms with E-state index < -0.39 is 17.9 Å². The molecule has 6 N–H and O–H groups in total. The van der Waals surface area contributed by atoms with Gasteiger partial charge in [-0.1, -0.05) is 36.4 Å². The molecule has 0 aliphatic rings. The molecule has 3 aromatic carbocycles. The molecule has 186 valence electrons. The number of nitrogens with two attached hydrogens (primary N) is 2. The highest BCUT2D eigenvalue weighted by Crippen LogP contribution is 2.26. The number of carbonyl (C=O) groups excluding carboxylic acids is 3. The number of amides is 3. The van der Waals surface area contributed by atoms with E-state index in [0.29, 0.717) is 49.3 Å². The minimum absolute atomic E-state index is 0.247. The van der Waals surface area contributed by atoms with Gasteiger partial charge in [-0.2, -0.15) is 5.26 Å². The first-order valence-corrected chi connectivity index (χ1v) is 11.6. The fraction of sp³-hybridized carbons (Fsp3) is 0.259. The van der Waals surface area contributed by atoms with E-state index in [-0.39, 0.29) is 12.5 Å². The summed E-state index contributed by atoms with van der Waals surface area (Å²) in [6.45, 7) is 0.507. The van der Waals surface area contributed by atoms with Crippen LogP contribution in [0.2, 0.25) is 0 Å². The number of benzene rings is 3. The molecule has 0 radical (unpaired) electrons. The van der Waals surface area contributed by atoms with Gasteiger partial charge < -0.3 is 26.8 Å². The largest absolute Gasteiger partial charge is 0.493 e. The van der Waals surface area contributed by atoms with E-state index in [9.17, 15) is 14.4 Å². The predicted octanol–water partition coefficient (Wildman–Crippen LogP) is 1.77. The van der Waals surface area contributed by atoms with E-state index in [0.717, 1.165) is 16.3 Å². The van der Waals surface area contributed by atoms with Crippen LogP contribution in [0, 0.1) is 11.3 Å².